The molecule has 1 amide bonds. The Kier molecular flexibility index (Phi) is 4.15. The molecule has 0 radical (unpaired) electrons. The highest BCUT2D eigenvalue weighted by Crippen LogP contribution is 2.29. The molecule has 1 fully saturated rings. The van der Waals surface area contributed by atoms with Gasteiger partial charge in [-0.1, -0.05) is 6.92 Å². The van der Waals surface area contributed by atoms with E-state index in [0.717, 1.165) is 29.9 Å². The van der Waals surface area contributed by atoms with Gasteiger partial charge in [0.25, 0.3) is 0 Å². The van der Waals surface area contributed by atoms with Gasteiger partial charge in [0.05, 0.1) is 17.5 Å². The number of hydrogen-bond acceptors (Lipinski definition) is 5. The summed E-state index contributed by atoms with van der Waals surface area (Å²) in [4.78, 5) is 27.7. The number of amides is 1. The van der Waals surface area contributed by atoms with E-state index in [9.17, 15) is 4.79 Å². The number of fused-ring (bicyclic) bond motifs is 1. The van der Waals surface area contributed by atoms with Gasteiger partial charge in [-0.05, 0) is 18.9 Å². The normalized spacial score (nSPS) is 20.1. The van der Waals surface area contributed by atoms with Gasteiger partial charge < -0.3 is 14.8 Å². The zero-order valence-electron chi connectivity index (χ0n) is 13.4. The molecule has 2 atom stereocenters. The van der Waals surface area contributed by atoms with E-state index >= 15 is 0 Å². The van der Waals surface area contributed by atoms with Crippen LogP contribution in [0.1, 0.15) is 20.3 Å². The predicted molar refractivity (Wildman–Crippen MR) is 86.7 cm³/mol. The number of nitriles is 1. The number of nitrogens with one attached hydrogen (secondary N) is 1. The number of likely N-dealkylation sites (N-methyl/N-ethyl adjacent to an activating group) is 1. The third kappa shape index (κ3) is 2.72. The van der Waals surface area contributed by atoms with Crippen LogP contribution in [0.25, 0.3) is 11.0 Å². The van der Waals surface area contributed by atoms with Gasteiger partial charge in [0, 0.05) is 25.8 Å². The predicted octanol–water partition coefficient (Wildman–Crippen LogP) is 1.54. The smallest absolute Gasteiger partial charge is 0.237 e. The fourth-order valence-electron chi connectivity index (χ4n) is 3.17. The summed E-state index contributed by atoms with van der Waals surface area (Å²) in [6.07, 6.45) is 3.36. The number of likely N-dealkylation sites (tertiary alicyclic amines) is 1. The van der Waals surface area contributed by atoms with Crippen molar-refractivity contribution in [3.63, 3.8) is 0 Å². The highest BCUT2D eigenvalue weighted by atomic mass is 16.2. The summed E-state index contributed by atoms with van der Waals surface area (Å²) in [7, 11) is 0. The van der Waals surface area contributed by atoms with E-state index in [1.165, 1.54) is 0 Å². The van der Waals surface area contributed by atoms with Crippen molar-refractivity contribution in [3.05, 3.63) is 18.6 Å². The molecule has 1 saturated heterocycles. The molecule has 7 nitrogen and oxygen atoms in total. The summed E-state index contributed by atoms with van der Waals surface area (Å²) in [6, 6.07) is 4.04. The summed E-state index contributed by atoms with van der Waals surface area (Å²) < 4.78 is 0. The van der Waals surface area contributed by atoms with E-state index < -0.39 is 0 Å². The quantitative estimate of drug-likeness (QED) is 0.904. The van der Waals surface area contributed by atoms with Crippen LogP contribution in [0.5, 0.6) is 0 Å². The van der Waals surface area contributed by atoms with Gasteiger partial charge in [-0.3, -0.25) is 4.79 Å². The molecule has 0 spiro atoms. The molecule has 0 saturated carbocycles. The molecule has 0 bridgehead atoms. The maximum Gasteiger partial charge on any atom is 0.237 e. The largest absolute Gasteiger partial charge is 0.354 e. The lowest BCUT2D eigenvalue weighted by molar-refractivity contribution is -0.141. The van der Waals surface area contributed by atoms with Crippen LogP contribution >= 0.6 is 0 Å². The minimum atomic E-state index is -0.0823. The molecule has 2 aromatic heterocycles. The molecule has 1 unspecified atom stereocenters. The van der Waals surface area contributed by atoms with Crippen molar-refractivity contribution in [3.8, 4) is 6.07 Å². The number of rotatable bonds is 5. The first-order valence-electron chi connectivity index (χ1n) is 7.85. The molecule has 7 heteroatoms. The van der Waals surface area contributed by atoms with Crippen LogP contribution in [-0.4, -0.2) is 51.4 Å². The SMILES string of the molecule is CCN(CC1[C@@H](C)CN1C(=O)CC#N)c1ncnc2[nH]ccc12. The number of anilines is 1. The van der Waals surface area contributed by atoms with E-state index in [0.29, 0.717) is 12.5 Å². The average Bonchev–Trinajstić information content (AvgIpc) is 3.02. The Balaban J connectivity index is 1.81. The van der Waals surface area contributed by atoms with Crippen LogP contribution in [0.4, 0.5) is 5.82 Å². The minimum Gasteiger partial charge on any atom is -0.354 e. The summed E-state index contributed by atoms with van der Waals surface area (Å²) >= 11 is 0. The number of carbonyl (C=O) groups excluding carboxylic acids is 1. The third-order valence-corrected chi connectivity index (χ3v) is 4.51. The highest BCUT2D eigenvalue weighted by Gasteiger charge is 2.39. The van der Waals surface area contributed by atoms with Gasteiger partial charge in [0.2, 0.25) is 5.91 Å². The van der Waals surface area contributed by atoms with Gasteiger partial charge in [0.1, 0.15) is 24.2 Å². The number of aromatic amines is 1. The molecule has 0 aromatic carbocycles. The Morgan fingerprint density at radius 1 is 1.57 bits per heavy atom. The van der Waals surface area contributed by atoms with Crippen LogP contribution in [0.2, 0.25) is 0 Å². The molecule has 3 heterocycles. The number of hydrogen-bond donors (Lipinski definition) is 1. The Morgan fingerprint density at radius 2 is 2.39 bits per heavy atom. The summed E-state index contributed by atoms with van der Waals surface area (Å²) in [5, 5.41) is 9.71. The van der Waals surface area contributed by atoms with E-state index in [1.54, 1.807) is 6.33 Å². The maximum atomic E-state index is 12.0. The van der Waals surface area contributed by atoms with Crippen molar-refractivity contribution in [2.75, 3.05) is 24.5 Å². The molecular weight excluding hydrogens is 292 g/mol. The monoisotopic (exact) mass is 312 g/mol. The second-order valence-electron chi connectivity index (χ2n) is 5.90. The first-order valence-corrected chi connectivity index (χ1v) is 7.85. The molecule has 120 valence electrons. The number of carbonyl (C=O) groups is 1. The van der Waals surface area contributed by atoms with Gasteiger partial charge in [-0.2, -0.15) is 5.26 Å². The second kappa shape index (κ2) is 6.24. The zero-order chi connectivity index (χ0) is 16.4. The first-order chi connectivity index (χ1) is 11.2. The topological polar surface area (TPSA) is 88.9 Å². The summed E-state index contributed by atoms with van der Waals surface area (Å²) in [5.74, 6) is 1.22. The first kappa shape index (κ1) is 15.3. The minimum absolute atomic E-state index is 0.0507. The third-order valence-electron chi connectivity index (χ3n) is 4.51. The van der Waals surface area contributed by atoms with Crippen molar-refractivity contribution in [2.24, 2.45) is 5.92 Å². The lowest BCUT2D eigenvalue weighted by atomic mass is 9.89. The average molecular weight is 312 g/mol. The van der Waals surface area contributed by atoms with E-state index in [-0.39, 0.29) is 18.4 Å². The van der Waals surface area contributed by atoms with Crippen molar-refractivity contribution in [2.45, 2.75) is 26.3 Å². The fraction of sp³-hybridized carbons (Fsp3) is 0.500. The number of H-pyrrole nitrogens is 1. The summed E-state index contributed by atoms with van der Waals surface area (Å²) in [6.45, 7) is 6.45. The van der Waals surface area contributed by atoms with Crippen molar-refractivity contribution in [1.29, 1.82) is 5.26 Å². The Bertz CT molecular complexity index is 748. The van der Waals surface area contributed by atoms with Crippen LogP contribution in [0, 0.1) is 17.2 Å². The highest BCUT2D eigenvalue weighted by molar-refractivity contribution is 5.87. The van der Waals surface area contributed by atoms with E-state index in [4.69, 9.17) is 5.26 Å². The zero-order valence-corrected chi connectivity index (χ0v) is 13.4. The number of nitrogens with zero attached hydrogens (tertiary/aromatic N) is 5. The van der Waals surface area contributed by atoms with Crippen LogP contribution in [0.3, 0.4) is 0 Å². The van der Waals surface area contributed by atoms with E-state index in [1.807, 2.05) is 23.2 Å². The van der Waals surface area contributed by atoms with E-state index in [2.05, 4.69) is 33.7 Å². The lowest BCUT2D eigenvalue weighted by Gasteiger charge is -2.48. The molecule has 1 N–H and O–H groups in total. The molecule has 1 aliphatic rings. The van der Waals surface area contributed by atoms with Gasteiger partial charge in [-0.25, -0.2) is 9.97 Å². The fourth-order valence-corrected chi connectivity index (χ4v) is 3.17. The molecule has 0 aliphatic carbocycles. The van der Waals surface area contributed by atoms with Crippen LogP contribution < -0.4 is 4.90 Å². The van der Waals surface area contributed by atoms with Crippen LogP contribution in [-0.2, 0) is 4.79 Å². The molecule has 23 heavy (non-hydrogen) atoms. The van der Waals surface area contributed by atoms with Crippen molar-refractivity contribution in [1.82, 2.24) is 19.9 Å². The Morgan fingerprint density at radius 3 is 3.09 bits per heavy atom. The lowest BCUT2D eigenvalue weighted by Crippen LogP contribution is -2.61. The summed E-state index contributed by atoms with van der Waals surface area (Å²) in [5.41, 5.74) is 0.813. The Labute approximate surface area is 134 Å². The maximum absolute atomic E-state index is 12.0. The van der Waals surface area contributed by atoms with Gasteiger partial charge >= 0.3 is 0 Å². The molecular formula is C16H20N6O. The molecule has 2 aromatic rings. The van der Waals surface area contributed by atoms with Crippen molar-refractivity contribution >= 4 is 22.8 Å². The van der Waals surface area contributed by atoms with Gasteiger partial charge in [0.15, 0.2) is 0 Å². The van der Waals surface area contributed by atoms with Crippen LogP contribution in [0.15, 0.2) is 18.6 Å². The van der Waals surface area contributed by atoms with Crippen molar-refractivity contribution < 1.29 is 4.79 Å². The molecule has 1 aliphatic heterocycles. The Hall–Kier alpha value is -2.62. The molecule has 3 rings (SSSR count). The standard InChI is InChI=1S/C16H20N6O/c1-3-21(16-12-5-7-18-15(12)19-10-20-16)9-13-11(2)8-22(13)14(23)4-6-17/h5,7,10-11,13H,3-4,8-9H2,1-2H3,(H,18,19,20)/t11-,13?/m0/s1. The number of aromatic nitrogens is 3. The van der Waals surface area contributed by atoms with Gasteiger partial charge in [-0.15, -0.1) is 0 Å². The second-order valence-corrected chi connectivity index (χ2v) is 5.90.